The van der Waals surface area contributed by atoms with Gasteiger partial charge in [-0.25, -0.2) is 0 Å². The van der Waals surface area contributed by atoms with Gasteiger partial charge in [0.1, 0.15) is 0 Å². The maximum Gasteiger partial charge on any atom is 0.419 e. The molecular formula is C15H19F3N2O2. The SMILES string of the molecule is CNCCc1ccccc1C(=O)N1CCC(O)(C(F)(F)F)C1. The van der Waals surface area contributed by atoms with E-state index in [1.54, 1.807) is 31.3 Å². The molecule has 1 amide bonds. The Kier molecular flexibility index (Phi) is 4.77. The minimum atomic E-state index is -4.73. The van der Waals surface area contributed by atoms with Gasteiger partial charge in [-0.15, -0.1) is 0 Å². The molecule has 1 aliphatic heterocycles. The number of alkyl halides is 3. The zero-order valence-corrected chi connectivity index (χ0v) is 12.3. The smallest absolute Gasteiger partial charge is 0.379 e. The van der Waals surface area contributed by atoms with Crippen LogP contribution in [-0.2, 0) is 6.42 Å². The van der Waals surface area contributed by atoms with Crippen LogP contribution in [0.5, 0.6) is 0 Å². The Hall–Kier alpha value is -1.60. The molecule has 0 aromatic heterocycles. The average molecular weight is 316 g/mol. The lowest BCUT2D eigenvalue weighted by Crippen LogP contribution is -2.48. The highest BCUT2D eigenvalue weighted by Gasteiger charge is 2.57. The van der Waals surface area contributed by atoms with Crippen molar-refractivity contribution in [2.75, 3.05) is 26.7 Å². The van der Waals surface area contributed by atoms with E-state index in [0.29, 0.717) is 18.5 Å². The Balaban J connectivity index is 2.17. The summed E-state index contributed by atoms with van der Waals surface area (Å²) in [6.45, 7) is -0.151. The van der Waals surface area contributed by atoms with Crippen LogP contribution in [0.1, 0.15) is 22.3 Å². The van der Waals surface area contributed by atoms with Crippen LogP contribution >= 0.6 is 0 Å². The second kappa shape index (κ2) is 6.26. The van der Waals surface area contributed by atoms with Gasteiger partial charge in [0.2, 0.25) is 0 Å². The first-order valence-corrected chi connectivity index (χ1v) is 7.09. The molecule has 1 aromatic rings. The predicted molar refractivity (Wildman–Crippen MR) is 75.6 cm³/mol. The Bertz CT molecular complexity index is 548. The second-order valence-corrected chi connectivity index (χ2v) is 5.52. The molecule has 1 heterocycles. The molecule has 1 aliphatic rings. The molecule has 1 atom stereocenters. The number of nitrogens with zero attached hydrogens (tertiary/aromatic N) is 1. The van der Waals surface area contributed by atoms with Crippen molar-refractivity contribution >= 4 is 5.91 Å². The van der Waals surface area contributed by atoms with E-state index < -0.39 is 30.7 Å². The molecule has 0 radical (unpaired) electrons. The Morgan fingerprint density at radius 1 is 1.41 bits per heavy atom. The minimum absolute atomic E-state index is 0.102. The van der Waals surface area contributed by atoms with E-state index in [1.165, 1.54) is 0 Å². The van der Waals surface area contributed by atoms with Crippen LogP contribution in [-0.4, -0.2) is 54.4 Å². The van der Waals surface area contributed by atoms with Crippen LogP contribution in [0.4, 0.5) is 13.2 Å². The van der Waals surface area contributed by atoms with Crippen LogP contribution in [0.15, 0.2) is 24.3 Å². The zero-order chi connectivity index (χ0) is 16.4. The van der Waals surface area contributed by atoms with Gasteiger partial charge in [-0.3, -0.25) is 4.79 Å². The van der Waals surface area contributed by atoms with Crippen LogP contribution in [0.25, 0.3) is 0 Å². The van der Waals surface area contributed by atoms with Gasteiger partial charge in [-0.1, -0.05) is 18.2 Å². The van der Waals surface area contributed by atoms with E-state index in [1.807, 2.05) is 0 Å². The number of likely N-dealkylation sites (tertiary alicyclic amines) is 1. The van der Waals surface area contributed by atoms with Gasteiger partial charge in [0.15, 0.2) is 5.60 Å². The number of carbonyl (C=O) groups excluding carboxylic acids is 1. The van der Waals surface area contributed by atoms with Crippen LogP contribution < -0.4 is 5.32 Å². The number of nitrogens with one attached hydrogen (secondary N) is 1. The van der Waals surface area contributed by atoms with Crippen LogP contribution in [0.2, 0.25) is 0 Å². The molecule has 0 saturated carbocycles. The molecule has 1 saturated heterocycles. The summed E-state index contributed by atoms with van der Waals surface area (Å²) in [5.74, 6) is -0.466. The fourth-order valence-corrected chi connectivity index (χ4v) is 2.58. The Labute approximate surface area is 126 Å². The van der Waals surface area contributed by atoms with E-state index >= 15 is 0 Å². The number of likely N-dealkylation sites (N-methyl/N-ethyl adjacent to an activating group) is 1. The van der Waals surface area contributed by atoms with Crippen molar-refractivity contribution in [3.05, 3.63) is 35.4 Å². The quantitative estimate of drug-likeness (QED) is 0.887. The summed E-state index contributed by atoms with van der Waals surface area (Å²) >= 11 is 0. The summed E-state index contributed by atoms with van der Waals surface area (Å²) in [7, 11) is 1.79. The molecule has 2 rings (SSSR count). The maximum absolute atomic E-state index is 12.8. The number of carbonyl (C=O) groups is 1. The van der Waals surface area contributed by atoms with E-state index in [9.17, 15) is 23.1 Å². The van der Waals surface area contributed by atoms with Gasteiger partial charge >= 0.3 is 6.18 Å². The van der Waals surface area contributed by atoms with Crippen molar-refractivity contribution in [1.29, 1.82) is 0 Å². The van der Waals surface area contributed by atoms with Crippen LogP contribution in [0.3, 0.4) is 0 Å². The van der Waals surface area contributed by atoms with Gasteiger partial charge in [0, 0.05) is 18.5 Å². The van der Waals surface area contributed by atoms with Crippen molar-refractivity contribution in [2.24, 2.45) is 0 Å². The number of benzene rings is 1. The highest BCUT2D eigenvalue weighted by molar-refractivity contribution is 5.96. The van der Waals surface area contributed by atoms with Gasteiger partial charge in [0.25, 0.3) is 5.91 Å². The number of β-amino-alcohol motifs (C(OH)–C–C–N with tert-alkyl or cyclic N) is 1. The fourth-order valence-electron chi connectivity index (χ4n) is 2.58. The van der Waals surface area contributed by atoms with Crippen molar-refractivity contribution in [2.45, 2.75) is 24.6 Å². The number of aliphatic hydroxyl groups is 1. The predicted octanol–water partition coefficient (Wildman–Crippen LogP) is 1.59. The molecule has 122 valence electrons. The van der Waals surface area contributed by atoms with Crippen molar-refractivity contribution in [3.8, 4) is 0 Å². The van der Waals surface area contributed by atoms with E-state index in [4.69, 9.17) is 0 Å². The van der Waals surface area contributed by atoms with Crippen molar-refractivity contribution in [3.63, 3.8) is 0 Å². The molecule has 4 nitrogen and oxygen atoms in total. The summed E-state index contributed by atoms with van der Waals surface area (Å²) in [6, 6.07) is 6.87. The highest BCUT2D eigenvalue weighted by Crippen LogP contribution is 2.38. The second-order valence-electron chi connectivity index (χ2n) is 5.52. The van der Waals surface area contributed by atoms with Gasteiger partial charge in [-0.05, 0) is 31.6 Å². The molecule has 2 N–H and O–H groups in total. The Morgan fingerprint density at radius 2 is 2.09 bits per heavy atom. The average Bonchev–Trinajstić information content (AvgIpc) is 2.88. The number of halogens is 3. The summed E-state index contributed by atoms with van der Waals surface area (Å²) < 4.78 is 38.5. The van der Waals surface area contributed by atoms with Crippen molar-refractivity contribution < 1.29 is 23.1 Å². The molecule has 0 spiro atoms. The van der Waals surface area contributed by atoms with Crippen molar-refractivity contribution in [1.82, 2.24) is 10.2 Å². The van der Waals surface area contributed by atoms with Gasteiger partial charge in [-0.2, -0.15) is 13.2 Å². The van der Waals surface area contributed by atoms with E-state index in [2.05, 4.69) is 5.32 Å². The zero-order valence-electron chi connectivity index (χ0n) is 12.3. The number of hydrogen-bond donors (Lipinski definition) is 2. The monoisotopic (exact) mass is 316 g/mol. The normalized spacial score (nSPS) is 22.1. The summed E-state index contributed by atoms with van der Waals surface area (Å²) in [5, 5.41) is 12.6. The molecule has 1 unspecified atom stereocenters. The number of hydrogen-bond acceptors (Lipinski definition) is 3. The summed E-state index contributed by atoms with van der Waals surface area (Å²) in [4.78, 5) is 13.5. The molecule has 1 aromatic carbocycles. The molecule has 22 heavy (non-hydrogen) atoms. The fraction of sp³-hybridized carbons (Fsp3) is 0.533. The summed E-state index contributed by atoms with van der Waals surface area (Å²) in [5.41, 5.74) is -1.63. The standard InChI is InChI=1S/C15H19F3N2O2/c1-19-8-6-11-4-2-3-5-12(11)13(21)20-9-7-14(22,10-20)15(16,17)18/h2-5,19,22H,6-10H2,1H3. The lowest BCUT2D eigenvalue weighted by Gasteiger charge is -2.26. The van der Waals surface area contributed by atoms with Gasteiger partial charge < -0.3 is 15.3 Å². The third-order valence-electron chi connectivity index (χ3n) is 3.95. The molecule has 0 bridgehead atoms. The highest BCUT2D eigenvalue weighted by atomic mass is 19.4. The lowest BCUT2D eigenvalue weighted by molar-refractivity contribution is -0.253. The number of rotatable bonds is 4. The number of amides is 1. The third kappa shape index (κ3) is 3.25. The first-order valence-electron chi connectivity index (χ1n) is 7.09. The topological polar surface area (TPSA) is 52.6 Å². The Morgan fingerprint density at radius 3 is 2.68 bits per heavy atom. The molecule has 1 fully saturated rings. The van der Waals surface area contributed by atoms with Gasteiger partial charge in [0.05, 0.1) is 6.54 Å². The third-order valence-corrected chi connectivity index (χ3v) is 3.95. The minimum Gasteiger partial charge on any atom is -0.379 e. The summed E-state index contributed by atoms with van der Waals surface area (Å²) in [6.07, 6.45) is -4.61. The van der Waals surface area contributed by atoms with E-state index in [0.717, 1.165) is 10.5 Å². The van der Waals surface area contributed by atoms with E-state index in [-0.39, 0.29) is 6.54 Å². The largest absolute Gasteiger partial charge is 0.419 e. The first-order chi connectivity index (χ1) is 10.3. The first kappa shape index (κ1) is 16.8. The molecular weight excluding hydrogens is 297 g/mol. The molecule has 0 aliphatic carbocycles. The lowest BCUT2D eigenvalue weighted by atomic mass is 10.0. The van der Waals surface area contributed by atoms with Crippen LogP contribution in [0, 0.1) is 0 Å². The maximum atomic E-state index is 12.8. The molecule has 7 heteroatoms.